The highest BCUT2D eigenvalue weighted by molar-refractivity contribution is 6.08. The van der Waals surface area contributed by atoms with Crippen LogP contribution >= 0.6 is 0 Å². The zero-order valence-corrected chi connectivity index (χ0v) is 38.4. The average Bonchev–Trinajstić information content (AvgIpc) is 3.30. The number of imide groups is 2. The molecule has 0 saturated carbocycles. The number of nitrogens with zero attached hydrogens (tertiary/aromatic N) is 6. The smallest absolute Gasteiger partial charge is 0.410 e. The summed E-state index contributed by atoms with van der Waals surface area (Å²) in [6, 6.07) is 6.31. The quantitative estimate of drug-likeness (QED) is 0.217. The molecular formula is C45H67N9O11. The summed E-state index contributed by atoms with van der Waals surface area (Å²) in [4.78, 5) is 109. The van der Waals surface area contributed by atoms with Gasteiger partial charge in [-0.15, -0.1) is 0 Å². The van der Waals surface area contributed by atoms with E-state index in [1.54, 1.807) is 14.7 Å². The Labute approximate surface area is 380 Å². The standard InChI is InChI=1S/C24H33N5O5.C21H34N4O6/c1-16(18-5-3-2-4-6-18)26-23(33)27-11-13-28(14-12-27)24(34)29-20(22(31)32)19(21(29)30)15-17-7-9-25-10-8-17;1-21(2,3)31-20(29)24-9-5-14(6-10-24)13-15-16(18(27)30-4)25(17(15)26)19(28)23-11-7-22-8-12-23/h2-6,16-17,19-20,25H,7-15H2,1H3,(H,26,33)(H,31,32);14-16,22H,5-13H2,1-4H3/t16-,19+,20-;15-,16+/m01/s1. The van der Waals surface area contributed by atoms with Gasteiger partial charge in [0.25, 0.3) is 0 Å². The molecule has 5 atom stereocenters. The lowest BCUT2D eigenvalue weighted by Crippen LogP contribution is -2.69. The number of amides is 9. The van der Waals surface area contributed by atoms with Crippen LogP contribution in [0.2, 0.25) is 0 Å². The molecule has 0 aromatic heterocycles. The first-order valence-corrected chi connectivity index (χ1v) is 23.0. The van der Waals surface area contributed by atoms with Gasteiger partial charge in [0.05, 0.1) is 25.0 Å². The van der Waals surface area contributed by atoms with E-state index in [-0.39, 0.29) is 43.1 Å². The van der Waals surface area contributed by atoms with Crippen LogP contribution in [-0.4, -0.2) is 186 Å². The zero-order valence-electron chi connectivity index (χ0n) is 38.4. The number of β-lactam (4-membered cyclic amide) rings is 2. The van der Waals surface area contributed by atoms with Crippen molar-refractivity contribution >= 4 is 47.9 Å². The molecule has 0 radical (unpaired) electrons. The molecular weight excluding hydrogens is 843 g/mol. The lowest BCUT2D eigenvalue weighted by molar-refractivity contribution is -0.169. The fourth-order valence-corrected chi connectivity index (χ4v) is 9.53. The number of hydrogen-bond donors (Lipinski definition) is 4. The van der Waals surface area contributed by atoms with E-state index in [9.17, 15) is 43.5 Å². The van der Waals surface area contributed by atoms with Crippen molar-refractivity contribution in [1.29, 1.82) is 0 Å². The van der Waals surface area contributed by atoms with Gasteiger partial charge in [-0.3, -0.25) is 9.59 Å². The number of piperidine rings is 2. The minimum absolute atomic E-state index is 0.153. The average molecular weight is 910 g/mol. The number of esters is 1. The second-order valence-electron chi connectivity index (χ2n) is 18.8. The maximum absolute atomic E-state index is 13.0. The lowest BCUT2D eigenvalue weighted by atomic mass is 9.77. The van der Waals surface area contributed by atoms with Crippen LogP contribution < -0.4 is 16.0 Å². The molecule has 0 bridgehead atoms. The number of carboxylic acids is 1. The third-order valence-electron chi connectivity index (χ3n) is 13.3. The van der Waals surface area contributed by atoms with Gasteiger partial charge >= 0.3 is 36.1 Å². The molecule has 6 saturated heterocycles. The van der Waals surface area contributed by atoms with E-state index in [2.05, 4.69) is 16.0 Å². The second kappa shape index (κ2) is 21.7. The summed E-state index contributed by atoms with van der Waals surface area (Å²) in [6.07, 6.45) is 3.96. The van der Waals surface area contributed by atoms with Crippen LogP contribution in [-0.2, 0) is 28.7 Å². The number of urea groups is 3. The second-order valence-corrected chi connectivity index (χ2v) is 18.8. The Bertz CT molecular complexity index is 1890. The number of likely N-dealkylation sites (tertiary alicyclic amines) is 3. The summed E-state index contributed by atoms with van der Waals surface area (Å²) in [6.45, 7) is 13.7. The maximum atomic E-state index is 13.0. The molecule has 1 aromatic rings. The topological polar surface area (TPSA) is 231 Å². The van der Waals surface area contributed by atoms with Gasteiger partial charge in [-0.05, 0) is 96.7 Å². The largest absolute Gasteiger partial charge is 0.480 e. The van der Waals surface area contributed by atoms with Crippen molar-refractivity contribution in [2.75, 3.05) is 85.6 Å². The summed E-state index contributed by atoms with van der Waals surface area (Å²) in [5.74, 6) is -3.11. The molecule has 6 aliphatic heterocycles. The van der Waals surface area contributed by atoms with Crippen molar-refractivity contribution in [3.8, 4) is 0 Å². The van der Waals surface area contributed by atoms with Crippen LogP contribution in [0, 0.1) is 23.7 Å². The maximum Gasteiger partial charge on any atom is 0.410 e. The summed E-state index contributed by atoms with van der Waals surface area (Å²) in [7, 11) is 1.27. The number of carboxylic acid groups (broad SMARTS) is 1. The van der Waals surface area contributed by atoms with Gasteiger partial charge in [0, 0.05) is 65.4 Å². The summed E-state index contributed by atoms with van der Waals surface area (Å²) < 4.78 is 10.3. The Balaban J connectivity index is 0.000000216. The number of methoxy groups -OCH3 is 1. The van der Waals surface area contributed by atoms with Crippen molar-refractivity contribution < 1.29 is 52.9 Å². The number of carbonyl (C=O) groups is 8. The minimum Gasteiger partial charge on any atom is -0.480 e. The molecule has 0 spiro atoms. The number of hydrogen-bond acceptors (Lipinski definition) is 12. The summed E-state index contributed by atoms with van der Waals surface area (Å²) in [5, 5.41) is 19.1. The first kappa shape index (κ1) is 48.9. The molecule has 7 rings (SSSR count). The fourth-order valence-electron chi connectivity index (χ4n) is 9.53. The van der Waals surface area contributed by atoms with E-state index in [0.29, 0.717) is 71.1 Å². The first-order chi connectivity index (χ1) is 31.0. The van der Waals surface area contributed by atoms with Crippen LogP contribution in [0.4, 0.5) is 19.2 Å². The highest BCUT2D eigenvalue weighted by atomic mass is 16.6. The molecule has 6 fully saturated rings. The molecule has 6 aliphatic rings. The number of rotatable bonds is 8. The van der Waals surface area contributed by atoms with Crippen LogP contribution in [0.1, 0.15) is 77.8 Å². The normalized spacial score (nSPS) is 24.8. The van der Waals surface area contributed by atoms with Crippen LogP contribution in [0.5, 0.6) is 0 Å². The molecule has 20 nitrogen and oxygen atoms in total. The first-order valence-electron chi connectivity index (χ1n) is 23.0. The van der Waals surface area contributed by atoms with Crippen molar-refractivity contribution in [1.82, 2.24) is 45.3 Å². The van der Waals surface area contributed by atoms with Crippen molar-refractivity contribution in [2.45, 2.75) is 89.9 Å². The third-order valence-corrected chi connectivity index (χ3v) is 13.3. The number of nitrogens with one attached hydrogen (secondary N) is 3. The van der Waals surface area contributed by atoms with Gasteiger partial charge in [0.2, 0.25) is 11.8 Å². The SMILES string of the molecule is COC(=O)[C@@H]1[C@@H](CC2CCN(C(=O)OC(C)(C)C)CC2)C(=O)N1C(=O)N1CCNCC1.C[C@H](NC(=O)N1CCN(C(=O)N2C(=O)[C@H](CC3CCNCC3)[C@H]2C(=O)O)CC1)c1ccccc1. The molecule has 65 heavy (non-hydrogen) atoms. The van der Waals surface area contributed by atoms with Crippen LogP contribution in [0.25, 0.3) is 0 Å². The van der Waals surface area contributed by atoms with Crippen molar-refractivity contribution in [3.63, 3.8) is 0 Å². The van der Waals surface area contributed by atoms with E-state index in [4.69, 9.17) is 9.47 Å². The molecule has 6 heterocycles. The zero-order chi connectivity index (χ0) is 47.0. The summed E-state index contributed by atoms with van der Waals surface area (Å²) in [5.41, 5.74) is 0.458. The fraction of sp³-hybridized carbons (Fsp3) is 0.689. The third kappa shape index (κ3) is 11.9. The van der Waals surface area contributed by atoms with Crippen molar-refractivity contribution in [3.05, 3.63) is 35.9 Å². The Kier molecular flexibility index (Phi) is 16.3. The molecule has 4 N–H and O–H groups in total. The van der Waals surface area contributed by atoms with Crippen molar-refractivity contribution in [2.24, 2.45) is 23.7 Å². The van der Waals surface area contributed by atoms with Gasteiger partial charge in [-0.2, -0.15) is 0 Å². The minimum atomic E-state index is -1.14. The van der Waals surface area contributed by atoms with Gasteiger partial charge in [-0.25, -0.2) is 38.6 Å². The Hall–Kier alpha value is -5.50. The number of aliphatic carboxylic acids is 1. The van der Waals surface area contributed by atoms with E-state index < -0.39 is 59.4 Å². The molecule has 0 unspecified atom stereocenters. The molecule has 20 heteroatoms. The molecule has 9 amide bonds. The summed E-state index contributed by atoms with van der Waals surface area (Å²) >= 11 is 0. The highest BCUT2D eigenvalue weighted by Crippen LogP contribution is 2.38. The van der Waals surface area contributed by atoms with Gasteiger partial charge in [-0.1, -0.05) is 30.3 Å². The van der Waals surface area contributed by atoms with E-state index in [1.165, 1.54) is 12.0 Å². The van der Waals surface area contributed by atoms with E-state index in [1.807, 2.05) is 58.0 Å². The monoisotopic (exact) mass is 909 g/mol. The van der Waals surface area contributed by atoms with Crippen LogP contribution in [0.15, 0.2) is 30.3 Å². The van der Waals surface area contributed by atoms with Gasteiger partial charge in [0.15, 0.2) is 12.1 Å². The highest BCUT2D eigenvalue weighted by Gasteiger charge is 2.57. The number of carbonyl (C=O) groups excluding carboxylic acids is 7. The van der Waals surface area contributed by atoms with Gasteiger partial charge < -0.3 is 50.1 Å². The predicted molar refractivity (Wildman–Crippen MR) is 235 cm³/mol. The number of benzene rings is 1. The number of ether oxygens (including phenoxy) is 2. The van der Waals surface area contributed by atoms with E-state index >= 15 is 0 Å². The van der Waals surface area contributed by atoms with Crippen LogP contribution in [0.3, 0.4) is 0 Å². The predicted octanol–water partition coefficient (Wildman–Crippen LogP) is 2.54. The molecule has 0 aliphatic carbocycles. The Morgan fingerprint density at radius 1 is 0.692 bits per heavy atom. The molecule has 1 aromatic carbocycles. The Morgan fingerprint density at radius 3 is 1.72 bits per heavy atom. The number of piperazine rings is 2. The lowest BCUT2D eigenvalue weighted by Gasteiger charge is -2.47. The van der Waals surface area contributed by atoms with E-state index in [0.717, 1.165) is 54.1 Å². The molecule has 358 valence electrons. The Morgan fingerprint density at radius 2 is 1.18 bits per heavy atom. The van der Waals surface area contributed by atoms with Gasteiger partial charge in [0.1, 0.15) is 5.60 Å².